The molecule has 0 bridgehead atoms. The SMILES string of the molecule is CCCCN1/C(=C\C=C2/CCC(/C=C/C3=[N+](CCCC)c4cc5c(cc4C3(C)C)CCC5)=C2Br)C(C)(C)c2cc3c(cc21)CCC3. The second kappa shape index (κ2) is 12.4. The first-order chi connectivity index (χ1) is 22.1. The lowest BCUT2D eigenvalue weighted by Crippen LogP contribution is -2.28. The molecule has 0 radical (unpaired) electrons. The minimum atomic E-state index is 0.0110. The van der Waals surface area contributed by atoms with Gasteiger partial charge in [0.15, 0.2) is 5.71 Å². The number of allylic oxidation sites excluding steroid dienone is 8. The van der Waals surface area contributed by atoms with E-state index in [1.165, 1.54) is 114 Å². The van der Waals surface area contributed by atoms with E-state index in [2.05, 4.69) is 116 Å². The normalized spacial score (nSPS) is 22.6. The second-order valence-corrected chi connectivity index (χ2v) is 16.3. The van der Waals surface area contributed by atoms with Crippen LogP contribution in [0.3, 0.4) is 0 Å². The Balaban J connectivity index is 1.20. The molecule has 2 heterocycles. The summed E-state index contributed by atoms with van der Waals surface area (Å²) in [4.78, 5) is 2.65. The van der Waals surface area contributed by atoms with Crippen LogP contribution in [0.4, 0.5) is 11.4 Å². The van der Waals surface area contributed by atoms with Crippen LogP contribution in [0.25, 0.3) is 0 Å². The maximum Gasteiger partial charge on any atom is 0.210 e. The molecule has 5 aliphatic rings. The second-order valence-electron chi connectivity index (χ2n) is 15.5. The number of aryl methyl sites for hydroxylation is 4. The lowest BCUT2D eigenvalue weighted by Gasteiger charge is -2.27. The van der Waals surface area contributed by atoms with Crippen molar-refractivity contribution in [2.45, 2.75) is 129 Å². The molecule has 0 aromatic heterocycles. The highest BCUT2D eigenvalue weighted by atomic mass is 79.9. The van der Waals surface area contributed by atoms with Gasteiger partial charge in [0.05, 0.1) is 5.41 Å². The van der Waals surface area contributed by atoms with Gasteiger partial charge in [0.1, 0.15) is 6.54 Å². The third-order valence-electron chi connectivity index (χ3n) is 11.8. The quantitative estimate of drug-likeness (QED) is 0.239. The van der Waals surface area contributed by atoms with Crippen LogP contribution in [0.15, 0.2) is 69.9 Å². The molecule has 3 heteroatoms. The third kappa shape index (κ3) is 5.33. The number of hydrogen-bond donors (Lipinski definition) is 0. The summed E-state index contributed by atoms with van der Waals surface area (Å²) in [6.45, 7) is 16.6. The van der Waals surface area contributed by atoms with Crippen molar-refractivity contribution in [1.29, 1.82) is 0 Å². The average Bonchev–Trinajstić information content (AvgIpc) is 3.83. The molecule has 0 unspecified atom stereocenters. The van der Waals surface area contributed by atoms with Gasteiger partial charge in [-0.1, -0.05) is 74.7 Å². The molecule has 0 N–H and O–H groups in total. The molecule has 2 nitrogen and oxygen atoms in total. The first kappa shape index (κ1) is 31.9. The van der Waals surface area contributed by atoms with Crippen LogP contribution in [0, 0.1) is 0 Å². The Morgan fingerprint density at radius 2 is 1.39 bits per heavy atom. The molecule has 0 amide bonds. The van der Waals surface area contributed by atoms with Gasteiger partial charge in [-0.15, -0.1) is 0 Å². The number of hydrogen-bond acceptors (Lipinski definition) is 1. The Labute approximate surface area is 287 Å². The Kier molecular flexibility index (Phi) is 8.62. The van der Waals surface area contributed by atoms with E-state index < -0.39 is 0 Å². The van der Waals surface area contributed by atoms with E-state index in [9.17, 15) is 0 Å². The van der Waals surface area contributed by atoms with Crippen molar-refractivity contribution in [2.24, 2.45) is 0 Å². The summed E-state index contributed by atoms with van der Waals surface area (Å²) in [6, 6.07) is 10.2. The summed E-state index contributed by atoms with van der Waals surface area (Å²) in [7, 11) is 0. The lowest BCUT2D eigenvalue weighted by atomic mass is 9.80. The van der Waals surface area contributed by atoms with Crippen LogP contribution < -0.4 is 4.90 Å². The number of unbranched alkanes of at least 4 members (excludes halogenated alkanes) is 2. The maximum absolute atomic E-state index is 4.08. The Hall–Kier alpha value is -2.65. The molecule has 0 spiro atoms. The topological polar surface area (TPSA) is 6.25 Å². The van der Waals surface area contributed by atoms with Gasteiger partial charge < -0.3 is 4.90 Å². The predicted molar refractivity (Wildman–Crippen MR) is 200 cm³/mol. The summed E-state index contributed by atoms with van der Waals surface area (Å²) in [5.74, 6) is 0. The molecular formula is C43H54BrN2+. The molecule has 0 fully saturated rings. The standard InChI is InChI=1S/C43H54BrN2/c1-7-9-23-45-37-27-33-15-11-13-31(33)25-35(37)42(3,4)39(45)21-19-29-17-18-30(41(29)44)20-22-40-43(5,6)36-26-32-14-12-16-34(32)28-38(36)46(40)24-10-8-2/h19-22,25-28H,7-18,23-24H2,1-6H3/q+1. The Morgan fingerprint density at radius 1 is 0.739 bits per heavy atom. The fraction of sp³-hybridized carbons (Fsp3) is 0.512. The first-order valence-corrected chi connectivity index (χ1v) is 19.2. The van der Waals surface area contributed by atoms with Gasteiger partial charge in [-0.3, -0.25) is 0 Å². The van der Waals surface area contributed by atoms with Crippen molar-refractivity contribution in [1.82, 2.24) is 0 Å². The minimum Gasteiger partial charge on any atom is -0.344 e. The van der Waals surface area contributed by atoms with Gasteiger partial charge in [-0.05, 0) is 129 Å². The van der Waals surface area contributed by atoms with Gasteiger partial charge >= 0.3 is 0 Å². The zero-order chi connectivity index (χ0) is 32.2. The Bertz CT molecular complexity index is 1720. The summed E-state index contributed by atoms with van der Waals surface area (Å²) >= 11 is 4.08. The largest absolute Gasteiger partial charge is 0.344 e. The molecule has 7 rings (SSSR count). The van der Waals surface area contributed by atoms with Crippen LogP contribution >= 0.6 is 15.9 Å². The van der Waals surface area contributed by atoms with Crippen molar-refractivity contribution < 1.29 is 4.58 Å². The number of halogens is 1. The fourth-order valence-corrected chi connectivity index (χ4v) is 9.62. The van der Waals surface area contributed by atoms with Gasteiger partial charge in [-0.25, -0.2) is 0 Å². The van der Waals surface area contributed by atoms with Crippen molar-refractivity contribution in [3.8, 4) is 0 Å². The van der Waals surface area contributed by atoms with Crippen molar-refractivity contribution >= 4 is 33.0 Å². The van der Waals surface area contributed by atoms with Crippen LogP contribution in [-0.2, 0) is 36.5 Å². The molecule has 2 aromatic carbocycles. The van der Waals surface area contributed by atoms with E-state index in [1.54, 1.807) is 22.3 Å². The molecule has 0 saturated carbocycles. The highest BCUT2D eigenvalue weighted by Gasteiger charge is 2.45. The molecule has 3 aliphatic carbocycles. The van der Waals surface area contributed by atoms with Crippen LogP contribution in [0.2, 0.25) is 0 Å². The van der Waals surface area contributed by atoms with Gasteiger partial charge in [-0.2, -0.15) is 4.58 Å². The predicted octanol–water partition coefficient (Wildman–Crippen LogP) is 11.2. The number of fused-ring (bicyclic) bond motifs is 4. The van der Waals surface area contributed by atoms with E-state index in [0.717, 1.165) is 25.9 Å². The van der Waals surface area contributed by atoms with Crippen LogP contribution in [0.1, 0.15) is 126 Å². The van der Waals surface area contributed by atoms with Crippen LogP contribution in [-0.4, -0.2) is 23.4 Å². The summed E-state index contributed by atoms with van der Waals surface area (Å²) in [6.07, 6.45) is 24.4. The smallest absolute Gasteiger partial charge is 0.210 e. The lowest BCUT2D eigenvalue weighted by molar-refractivity contribution is -0.438. The van der Waals surface area contributed by atoms with E-state index in [0.29, 0.717) is 0 Å². The summed E-state index contributed by atoms with van der Waals surface area (Å²) < 4.78 is 3.94. The van der Waals surface area contributed by atoms with Crippen molar-refractivity contribution in [2.75, 3.05) is 18.0 Å². The molecular weight excluding hydrogens is 624 g/mol. The number of rotatable bonds is 9. The van der Waals surface area contributed by atoms with Crippen LogP contribution in [0.5, 0.6) is 0 Å². The van der Waals surface area contributed by atoms with Gasteiger partial charge in [0, 0.05) is 52.0 Å². The summed E-state index contributed by atoms with van der Waals surface area (Å²) in [5.41, 5.74) is 18.1. The molecule has 46 heavy (non-hydrogen) atoms. The molecule has 0 atom stereocenters. The minimum absolute atomic E-state index is 0.0110. The molecule has 2 aliphatic heterocycles. The highest BCUT2D eigenvalue weighted by Crippen LogP contribution is 2.50. The molecule has 2 aromatic rings. The van der Waals surface area contributed by atoms with E-state index in [-0.39, 0.29) is 10.8 Å². The Morgan fingerprint density at radius 3 is 2.09 bits per heavy atom. The van der Waals surface area contributed by atoms with E-state index in [1.807, 2.05) is 0 Å². The van der Waals surface area contributed by atoms with Gasteiger partial charge in [0.25, 0.3) is 0 Å². The van der Waals surface area contributed by atoms with E-state index >= 15 is 0 Å². The maximum atomic E-state index is 4.08. The van der Waals surface area contributed by atoms with Gasteiger partial charge in [0.2, 0.25) is 5.69 Å². The number of benzene rings is 2. The van der Waals surface area contributed by atoms with Crippen molar-refractivity contribution in [3.05, 3.63) is 103 Å². The molecule has 0 saturated heterocycles. The fourth-order valence-electron chi connectivity index (χ4n) is 8.96. The highest BCUT2D eigenvalue weighted by molar-refractivity contribution is 9.12. The van der Waals surface area contributed by atoms with E-state index in [4.69, 9.17) is 0 Å². The molecule has 242 valence electrons. The number of anilines is 1. The first-order valence-electron chi connectivity index (χ1n) is 18.4. The number of nitrogens with zero attached hydrogens (tertiary/aromatic N) is 2. The zero-order valence-corrected chi connectivity index (χ0v) is 30.9. The third-order valence-corrected chi connectivity index (χ3v) is 12.8. The monoisotopic (exact) mass is 677 g/mol. The zero-order valence-electron chi connectivity index (χ0n) is 29.3. The van der Waals surface area contributed by atoms with Crippen molar-refractivity contribution in [3.63, 3.8) is 0 Å². The average molecular weight is 679 g/mol. The summed E-state index contributed by atoms with van der Waals surface area (Å²) in [5, 5.41) is 0.